The number of benzene rings is 2. The minimum atomic E-state index is -0.573. The predicted molar refractivity (Wildman–Crippen MR) is 74.9 cm³/mol. The summed E-state index contributed by atoms with van der Waals surface area (Å²) in [6, 6.07) is 7.86. The van der Waals surface area contributed by atoms with Crippen LogP contribution in [0.5, 0.6) is 0 Å². The van der Waals surface area contributed by atoms with Gasteiger partial charge in [-0.05, 0) is 39.7 Å². The first-order chi connectivity index (χ1) is 8.54. The molecule has 0 spiro atoms. The number of hydrogen-bond acceptors (Lipinski definition) is 1. The Kier molecular flexibility index (Phi) is 4.05. The van der Waals surface area contributed by atoms with Crippen molar-refractivity contribution in [3.8, 4) is 11.1 Å². The lowest BCUT2D eigenvalue weighted by Gasteiger charge is -2.09. The Hall–Kier alpha value is -0.900. The molecule has 1 nitrogen and oxygen atoms in total. The second-order valence-electron chi connectivity index (χ2n) is 3.57. The SMILES string of the molecule is O=Cc1cc(Cl)ccc1-c1ccc(Br)c(Cl)c1F. The largest absolute Gasteiger partial charge is 0.298 e. The van der Waals surface area contributed by atoms with Crippen LogP contribution in [0.15, 0.2) is 34.8 Å². The molecule has 0 amide bonds. The first-order valence-corrected chi connectivity index (χ1v) is 6.48. The van der Waals surface area contributed by atoms with Gasteiger partial charge in [0.25, 0.3) is 0 Å². The molecule has 0 unspecified atom stereocenters. The van der Waals surface area contributed by atoms with Crippen molar-refractivity contribution < 1.29 is 9.18 Å². The monoisotopic (exact) mass is 346 g/mol. The van der Waals surface area contributed by atoms with Crippen LogP contribution in [-0.2, 0) is 0 Å². The van der Waals surface area contributed by atoms with E-state index in [2.05, 4.69) is 15.9 Å². The molecule has 0 radical (unpaired) electrons. The van der Waals surface area contributed by atoms with Crippen molar-refractivity contribution in [3.05, 3.63) is 56.2 Å². The summed E-state index contributed by atoms with van der Waals surface area (Å²) < 4.78 is 14.5. The van der Waals surface area contributed by atoms with Crippen LogP contribution in [0.3, 0.4) is 0 Å². The van der Waals surface area contributed by atoms with Crippen molar-refractivity contribution in [2.24, 2.45) is 0 Å². The second-order valence-corrected chi connectivity index (χ2v) is 5.24. The van der Waals surface area contributed by atoms with Crippen LogP contribution in [0.2, 0.25) is 10.0 Å². The summed E-state index contributed by atoms with van der Waals surface area (Å²) in [5, 5.41) is 0.406. The molecule has 2 aromatic rings. The highest BCUT2D eigenvalue weighted by Crippen LogP contribution is 2.34. The van der Waals surface area contributed by atoms with E-state index in [9.17, 15) is 9.18 Å². The number of aldehydes is 1. The maximum atomic E-state index is 14.1. The van der Waals surface area contributed by atoms with Gasteiger partial charge in [0.05, 0.1) is 5.02 Å². The lowest BCUT2D eigenvalue weighted by molar-refractivity contribution is 0.112. The fourth-order valence-electron chi connectivity index (χ4n) is 1.61. The van der Waals surface area contributed by atoms with Crippen LogP contribution in [0.1, 0.15) is 10.4 Å². The Morgan fingerprint density at radius 2 is 1.78 bits per heavy atom. The molecule has 0 bridgehead atoms. The zero-order valence-electron chi connectivity index (χ0n) is 8.88. The van der Waals surface area contributed by atoms with Crippen molar-refractivity contribution in [2.45, 2.75) is 0 Å². The minimum Gasteiger partial charge on any atom is -0.298 e. The summed E-state index contributed by atoms with van der Waals surface area (Å²) in [6.07, 6.45) is 0.636. The van der Waals surface area contributed by atoms with Crippen LogP contribution >= 0.6 is 39.1 Å². The van der Waals surface area contributed by atoms with E-state index < -0.39 is 5.82 Å². The van der Waals surface area contributed by atoms with E-state index in [-0.39, 0.29) is 10.6 Å². The Morgan fingerprint density at radius 1 is 1.11 bits per heavy atom. The van der Waals surface area contributed by atoms with Gasteiger partial charge in [0, 0.05) is 20.6 Å². The van der Waals surface area contributed by atoms with Gasteiger partial charge in [0.2, 0.25) is 0 Å². The first-order valence-electron chi connectivity index (χ1n) is 4.93. The van der Waals surface area contributed by atoms with E-state index in [4.69, 9.17) is 23.2 Å². The van der Waals surface area contributed by atoms with E-state index in [0.717, 1.165) is 0 Å². The fraction of sp³-hybridized carbons (Fsp3) is 0. The van der Waals surface area contributed by atoms with Gasteiger partial charge in [-0.1, -0.05) is 35.3 Å². The molecule has 2 rings (SSSR count). The Balaban J connectivity index is 2.69. The number of halogens is 4. The van der Waals surface area contributed by atoms with Gasteiger partial charge < -0.3 is 0 Å². The molecule has 0 fully saturated rings. The predicted octanol–water partition coefficient (Wildman–Crippen LogP) is 5.37. The minimum absolute atomic E-state index is 0.0145. The Labute approximate surface area is 122 Å². The number of carbonyl (C=O) groups excluding carboxylic acids is 1. The molecule has 0 aromatic heterocycles. The summed E-state index contributed by atoms with van der Waals surface area (Å²) in [6.45, 7) is 0. The fourth-order valence-corrected chi connectivity index (χ4v) is 2.26. The number of hydrogen-bond donors (Lipinski definition) is 0. The van der Waals surface area contributed by atoms with Crippen molar-refractivity contribution >= 4 is 45.4 Å². The van der Waals surface area contributed by atoms with Gasteiger partial charge >= 0.3 is 0 Å². The summed E-state index contributed by atoms with van der Waals surface area (Å²) in [7, 11) is 0. The highest BCUT2D eigenvalue weighted by atomic mass is 79.9. The van der Waals surface area contributed by atoms with Crippen LogP contribution < -0.4 is 0 Å². The highest BCUT2D eigenvalue weighted by molar-refractivity contribution is 9.10. The molecular weight excluding hydrogens is 342 g/mol. The summed E-state index contributed by atoms with van der Waals surface area (Å²) >= 11 is 14.8. The Morgan fingerprint density at radius 3 is 2.44 bits per heavy atom. The molecule has 0 aliphatic carbocycles. The van der Waals surface area contributed by atoms with Gasteiger partial charge in [-0.15, -0.1) is 0 Å². The summed E-state index contributed by atoms with van der Waals surface area (Å²) in [4.78, 5) is 11.0. The third-order valence-corrected chi connectivity index (χ3v) is 3.96. The van der Waals surface area contributed by atoms with Gasteiger partial charge in [0.15, 0.2) is 12.1 Å². The van der Waals surface area contributed by atoms with E-state index in [1.54, 1.807) is 24.3 Å². The van der Waals surface area contributed by atoms with E-state index in [0.29, 0.717) is 26.9 Å². The average molecular weight is 348 g/mol. The molecule has 0 heterocycles. The van der Waals surface area contributed by atoms with Gasteiger partial charge in [0.1, 0.15) is 0 Å². The molecule has 0 aliphatic heterocycles. The topological polar surface area (TPSA) is 17.1 Å². The normalized spacial score (nSPS) is 10.4. The molecule has 18 heavy (non-hydrogen) atoms. The van der Waals surface area contributed by atoms with Gasteiger partial charge in [-0.3, -0.25) is 4.79 Å². The zero-order chi connectivity index (χ0) is 13.3. The summed E-state index contributed by atoms with van der Waals surface area (Å²) in [5.74, 6) is -0.573. The maximum Gasteiger partial charge on any atom is 0.150 e. The van der Waals surface area contributed by atoms with Crippen molar-refractivity contribution in [3.63, 3.8) is 0 Å². The lowest BCUT2D eigenvalue weighted by atomic mass is 10.00. The molecule has 0 saturated carbocycles. The number of rotatable bonds is 2. The van der Waals surface area contributed by atoms with E-state index >= 15 is 0 Å². The third kappa shape index (κ3) is 2.44. The summed E-state index contributed by atoms with van der Waals surface area (Å²) in [5.41, 5.74) is 1.04. The smallest absolute Gasteiger partial charge is 0.150 e. The van der Waals surface area contributed by atoms with E-state index in [1.165, 1.54) is 6.07 Å². The third-order valence-electron chi connectivity index (χ3n) is 2.47. The molecule has 2 aromatic carbocycles. The quantitative estimate of drug-likeness (QED) is 0.527. The second kappa shape index (κ2) is 5.39. The van der Waals surface area contributed by atoms with Crippen molar-refractivity contribution in [2.75, 3.05) is 0 Å². The average Bonchev–Trinajstić information content (AvgIpc) is 2.37. The standard InChI is InChI=1S/C13H6BrCl2FO/c14-11-4-3-10(13(17)12(11)16)9-2-1-8(15)5-7(9)6-18/h1-6H. The van der Waals surface area contributed by atoms with Crippen LogP contribution in [-0.4, -0.2) is 6.29 Å². The highest BCUT2D eigenvalue weighted by Gasteiger charge is 2.14. The molecule has 0 aliphatic rings. The molecule has 0 atom stereocenters. The van der Waals surface area contributed by atoms with Crippen LogP contribution in [0.25, 0.3) is 11.1 Å². The zero-order valence-corrected chi connectivity index (χ0v) is 12.0. The van der Waals surface area contributed by atoms with Crippen LogP contribution in [0.4, 0.5) is 4.39 Å². The molecule has 0 saturated heterocycles. The van der Waals surface area contributed by atoms with Crippen molar-refractivity contribution in [1.29, 1.82) is 0 Å². The first kappa shape index (κ1) is 13.5. The Bertz CT molecular complexity index is 629. The molecular formula is C13H6BrCl2FO. The van der Waals surface area contributed by atoms with Gasteiger partial charge in [-0.25, -0.2) is 4.39 Å². The van der Waals surface area contributed by atoms with Gasteiger partial charge in [-0.2, -0.15) is 0 Å². The van der Waals surface area contributed by atoms with Crippen LogP contribution in [0, 0.1) is 5.82 Å². The van der Waals surface area contributed by atoms with Crippen molar-refractivity contribution in [1.82, 2.24) is 0 Å². The number of carbonyl (C=O) groups is 1. The lowest BCUT2D eigenvalue weighted by Crippen LogP contribution is -1.92. The molecule has 92 valence electrons. The van der Waals surface area contributed by atoms with E-state index in [1.807, 2.05) is 0 Å². The molecule has 0 N–H and O–H groups in total. The maximum absolute atomic E-state index is 14.1. The molecule has 5 heteroatoms.